The second kappa shape index (κ2) is 6.39. The van der Waals surface area contributed by atoms with E-state index < -0.39 is 0 Å². The monoisotopic (exact) mass is 187 g/mol. The van der Waals surface area contributed by atoms with Gasteiger partial charge in [-0.1, -0.05) is 6.92 Å². The fourth-order valence-electron chi connectivity index (χ4n) is 1.39. The quantitative estimate of drug-likeness (QED) is 0.661. The first-order valence-corrected chi connectivity index (χ1v) is 5.30. The van der Waals surface area contributed by atoms with Gasteiger partial charge >= 0.3 is 0 Å². The maximum Gasteiger partial charge on any atom is 0.0622 e. The van der Waals surface area contributed by atoms with E-state index in [0.29, 0.717) is 6.04 Å². The molecule has 0 fully saturated rings. The molecule has 0 bridgehead atoms. The number of hydrogen-bond acceptors (Lipinski definition) is 2. The summed E-state index contributed by atoms with van der Waals surface area (Å²) >= 11 is 0. The summed E-state index contributed by atoms with van der Waals surface area (Å²) in [5, 5.41) is 3.41. The minimum atomic E-state index is 0.0476. The normalized spacial score (nSPS) is 14.5. The molecule has 0 aliphatic rings. The van der Waals surface area contributed by atoms with Crippen molar-refractivity contribution >= 4 is 0 Å². The molecule has 0 amide bonds. The number of hydrogen-bond donors (Lipinski definition) is 1. The van der Waals surface area contributed by atoms with Crippen LogP contribution < -0.4 is 5.32 Å². The molecule has 0 radical (unpaired) electrons. The summed E-state index contributed by atoms with van der Waals surface area (Å²) in [4.78, 5) is 0. The fraction of sp³-hybridized carbons (Fsp3) is 1.00. The predicted octanol–water partition coefficient (Wildman–Crippen LogP) is 2.58. The standard InChI is InChI=1S/C11H25NO/c1-6-12-10(2)8-7-9-11(3,4)13-5/h10,12H,6-9H2,1-5H3. The van der Waals surface area contributed by atoms with Crippen LogP contribution in [0, 0.1) is 0 Å². The summed E-state index contributed by atoms with van der Waals surface area (Å²) < 4.78 is 5.36. The average Bonchev–Trinajstić information content (AvgIpc) is 2.05. The highest BCUT2D eigenvalue weighted by molar-refractivity contribution is 4.69. The lowest BCUT2D eigenvalue weighted by Crippen LogP contribution is -2.27. The van der Waals surface area contributed by atoms with Crippen LogP contribution in [0.3, 0.4) is 0 Å². The third-order valence-electron chi connectivity index (χ3n) is 2.52. The number of rotatable bonds is 7. The summed E-state index contributed by atoms with van der Waals surface area (Å²) in [5.74, 6) is 0. The van der Waals surface area contributed by atoms with Crippen LogP contribution in [0.4, 0.5) is 0 Å². The summed E-state index contributed by atoms with van der Waals surface area (Å²) in [6, 6.07) is 0.637. The van der Waals surface area contributed by atoms with Gasteiger partial charge in [0.15, 0.2) is 0 Å². The Balaban J connectivity index is 3.44. The lowest BCUT2D eigenvalue weighted by molar-refractivity contribution is 0.0131. The van der Waals surface area contributed by atoms with Crippen molar-refractivity contribution in [1.29, 1.82) is 0 Å². The van der Waals surface area contributed by atoms with Crippen molar-refractivity contribution in [3.8, 4) is 0 Å². The minimum absolute atomic E-state index is 0.0476. The van der Waals surface area contributed by atoms with Crippen molar-refractivity contribution in [2.75, 3.05) is 13.7 Å². The van der Waals surface area contributed by atoms with Crippen LogP contribution in [-0.2, 0) is 4.74 Å². The van der Waals surface area contributed by atoms with Crippen LogP contribution in [0.25, 0.3) is 0 Å². The second-order valence-electron chi connectivity index (χ2n) is 4.31. The third kappa shape index (κ3) is 7.03. The first kappa shape index (κ1) is 12.9. The molecule has 0 spiro atoms. The van der Waals surface area contributed by atoms with Crippen molar-refractivity contribution < 1.29 is 4.74 Å². The van der Waals surface area contributed by atoms with Crippen LogP contribution in [0.5, 0.6) is 0 Å². The molecule has 13 heavy (non-hydrogen) atoms. The zero-order valence-electron chi connectivity index (χ0n) is 9.81. The molecule has 1 atom stereocenters. The van der Waals surface area contributed by atoms with Gasteiger partial charge in [-0.15, -0.1) is 0 Å². The first-order valence-electron chi connectivity index (χ1n) is 5.30. The van der Waals surface area contributed by atoms with Gasteiger partial charge in [0.1, 0.15) is 0 Å². The van der Waals surface area contributed by atoms with Gasteiger partial charge in [0.05, 0.1) is 5.60 Å². The van der Waals surface area contributed by atoms with Gasteiger partial charge in [-0.25, -0.2) is 0 Å². The Hall–Kier alpha value is -0.0800. The van der Waals surface area contributed by atoms with Crippen molar-refractivity contribution in [2.24, 2.45) is 0 Å². The Kier molecular flexibility index (Phi) is 6.35. The van der Waals surface area contributed by atoms with E-state index in [1.54, 1.807) is 7.11 Å². The van der Waals surface area contributed by atoms with Crippen LogP contribution in [0.1, 0.15) is 47.0 Å². The van der Waals surface area contributed by atoms with Gasteiger partial charge in [0.25, 0.3) is 0 Å². The van der Waals surface area contributed by atoms with E-state index in [1.807, 2.05) is 0 Å². The zero-order valence-corrected chi connectivity index (χ0v) is 9.81. The summed E-state index contributed by atoms with van der Waals surface area (Å²) in [7, 11) is 1.79. The fourth-order valence-corrected chi connectivity index (χ4v) is 1.39. The Labute approximate surface area is 83.1 Å². The van der Waals surface area contributed by atoms with Crippen LogP contribution in [0.15, 0.2) is 0 Å². The molecule has 0 aromatic heterocycles. The van der Waals surface area contributed by atoms with E-state index in [0.717, 1.165) is 13.0 Å². The van der Waals surface area contributed by atoms with E-state index in [2.05, 4.69) is 33.0 Å². The molecule has 2 heteroatoms. The predicted molar refractivity (Wildman–Crippen MR) is 58.1 cm³/mol. The molecule has 0 saturated carbocycles. The summed E-state index contributed by atoms with van der Waals surface area (Å²) in [5.41, 5.74) is 0.0476. The number of methoxy groups -OCH3 is 1. The average molecular weight is 187 g/mol. The Morgan fingerprint density at radius 1 is 1.38 bits per heavy atom. The molecule has 0 saturated heterocycles. The Bertz CT molecular complexity index is 123. The third-order valence-corrected chi connectivity index (χ3v) is 2.52. The van der Waals surface area contributed by atoms with E-state index >= 15 is 0 Å². The molecular formula is C11H25NO. The largest absolute Gasteiger partial charge is 0.379 e. The molecule has 1 N–H and O–H groups in total. The van der Waals surface area contributed by atoms with E-state index in [1.165, 1.54) is 12.8 Å². The lowest BCUT2D eigenvalue weighted by atomic mass is 9.99. The van der Waals surface area contributed by atoms with Crippen molar-refractivity contribution in [1.82, 2.24) is 5.32 Å². The topological polar surface area (TPSA) is 21.3 Å². The molecule has 0 aliphatic heterocycles. The molecule has 0 rings (SSSR count). The maximum absolute atomic E-state index is 5.36. The van der Waals surface area contributed by atoms with Crippen molar-refractivity contribution in [3.05, 3.63) is 0 Å². The maximum atomic E-state index is 5.36. The molecule has 2 nitrogen and oxygen atoms in total. The Morgan fingerprint density at radius 3 is 2.46 bits per heavy atom. The molecule has 0 aliphatic carbocycles. The van der Waals surface area contributed by atoms with E-state index in [9.17, 15) is 0 Å². The van der Waals surface area contributed by atoms with Gasteiger partial charge in [0.2, 0.25) is 0 Å². The van der Waals surface area contributed by atoms with Gasteiger partial charge in [0, 0.05) is 13.2 Å². The van der Waals surface area contributed by atoms with Crippen LogP contribution in [0.2, 0.25) is 0 Å². The smallest absolute Gasteiger partial charge is 0.0622 e. The molecule has 0 aromatic rings. The van der Waals surface area contributed by atoms with Crippen LogP contribution >= 0.6 is 0 Å². The highest BCUT2D eigenvalue weighted by atomic mass is 16.5. The number of ether oxygens (including phenoxy) is 1. The SMILES string of the molecule is CCNC(C)CCCC(C)(C)OC. The van der Waals surface area contributed by atoms with Gasteiger partial charge in [-0.3, -0.25) is 0 Å². The molecule has 0 heterocycles. The number of nitrogens with one attached hydrogen (secondary N) is 1. The second-order valence-corrected chi connectivity index (χ2v) is 4.31. The van der Waals surface area contributed by atoms with Gasteiger partial charge in [-0.05, 0) is 46.6 Å². The van der Waals surface area contributed by atoms with Gasteiger partial charge in [-0.2, -0.15) is 0 Å². The zero-order chi connectivity index (χ0) is 10.3. The van der Waals surface area contributed by atoms with E-state index in [-0.39, 0.29) is 5.60 Å². The van der Waals surface area contributed by atoms with Crippen molar-refractivity contribution in [2.45, 2.75) is 58.6 Å². The molecular weight excluding hydrogens is 162 g/mol. The summed E-state index contributed by atoms with van der Waals surface area (Å²) in [6.07, 6.45) is 3.61. The molecule has 1 unspecified atom stereocenters. The highest BCUT2D eigenvalue weighted by Gasteiger charge is 2.15. The van der Waals surface area contributed by atoms with E-state index in [4.69, 9.17) is 4.74 Å². The molecule has 80 valence electrons. The van der Waals surface area contributed by atoms with Crippen molar-refractivity contribution in [3.63, 3.8) is 0 Å². The minimum Gasteiger partial charge on any atom is -0.379 e. The van der Waals surface area contributed by atoms with Crippen LogP contribution in [-0.4, -0.2) is 25.3 Å². The highest BCUT2D eigenvalue weighted by Crippen LogP contribution is 2.17. The summed E-state index contributed by atoms with van der Waals surface area (Å²) in [6.45, 7) is 9.74. The first-order chi connectivity index (χ1) is 6.02. The van der Waals surface area contributed by atoms with Gasteiger partial charge < -0.3 is 10.1 Å². The molecule has 0 aromatic carbocycles. The Morgan fingerprint density at radius 2 is 2.00 bits per heavy atom. The lowest BCUT2D eigenvalue weighted by Gasteiger charge is -2.23.